The van der Waals surface area contributed by atoms with Gasteiger partial charge in [0.05, 0.1) is 11.0 Å². The lowest BCUT2D eigenvalue weighted by Crippen LogP contribution is -2.21. The van der Waals surface area contributed by atoms with E-state index in [1.807, 2.05) is 13.0 Å². The number of benzene rings is 1. The topological polar surface area (TPSA) is 28.7 Å². The number of aromatic amines is 1. The summed E-state index contributed by atoms with van der Waals surface area (Å²) in [5.41, 5.74) is 1.69. The van der Waals surface area contributed by atoms with Gasteiger partial charge >= 0.3 is 0 Å². The third kappa shape index (κ3) is 1.68. The quantitative estimate of drug-likeness (QED) is 0.744. The Balaban J connectivity index is 2.65. The van der Waals surface area contributed by atoms with Gasteiger partial charge in [-0.15, -0.1) is 0 Å². The number of rotatable bonds is 1. The molecule has 3 heteroatoms. The zero-order valence-corrected chi connectivity index (χ0v) is 8.42. The molecule has 0 saturated heterocycles. The molecule has 0 aliphatic rings. The Morgan fingerprint density at radius 2 is 2.00 bits per heavy atom. The maximum atomic E-state index is 12.7. The first-order valence-corrected chi connectivity index (χ1v) is 4.68. The number of aromatic nitrogens is 2. The largest absolute Gasteiger partial charge is 0.278 e. The van der Waals surface area contributed by atoms with E-state index in [1.165, 1.54) is 12.1 Å². The van der Waals surface area contributed by atoms with Crippen LogP contribution in [0.2, 0.25) is 0 Å². The number of H-pyrrole nitrogens is 1. The zero-order valence-electron chi connectivity index (χ0n) is 8.42. The highest BCUT2D eigenvalue weighted by Crippen LogP contribution is 2.12. The molecule has 0 aliphatic carbocycles. The number of hydrogen-bond acceptors (Lipinski definition) is 1. The molecule has 1 N–H and O–H groups in total. The average Bonchev–Trinajstić information content (AvgIpc) is 2.61. The van der Waals surface area contributed by atoms with Crippen LogP contribution in [-0.2, 0) is 0 Å². The molecule has 15 heavy (non-hydrogen) atoms. The zero-order chi connectivity index (χ0) is 10.8. The summed E-state index contributed by atoms with van der Waals surface area (Å²) in [6.07, 6.45) is 1.94. The van der Waals surface area contributed by atoms with Gasteiger partial charge in [0.1, 0.15) is 5.82 Å². The molecule has 0 aliphatic heterocycles. The van der Waals surface area contributed by atoms with E-state index < -0.39 is 0 Å². The molecule has 76 valence electrons. The van der Waals surface area contributed by atoms with Crippen LogP contribution < -0.4 is 10.6 Å². The summed E-state index contributed by atoms with van der Waals surface area (Å²) in [7, 11) is 0. The molecule has 0 atom stereocenters. The maximum Gasteiger partial charge on any atom is 0.123 e. The van der Waals surface area contributed by atoms with E-state index in [0.717, 1.165) is 21.8 Å². The minimum absolute atomic E-state index is 0.244. The maximum absolute atomic E-state index is 12.7. The van der Waals surface area contributed by atoms with E-state index in [-0.39, 0.29) is 5.82 Å². The first kappa shape index (κ1) is 9.65. The highest BCUT2D eigenvalue weighted by Gasteiger charge is 2.03. The van der Waals surface area contributed by atoms with Crippen molar-refractivity contribution in [3.8, 4) is 11.3 Å². The summed E-state index contributed by atoms with van der Waals surface area (Å²) in [4.78, 5) is 0. The van der Waals surface area contributed by atoms with Crippen LogP contribution in [0.1, 0.15) is 6.92 Å². The summed E-state index contributed by atoms with van der Waals surface area (Å²) < 4.78 is 12.7. The molecule has 2 aromatic rings. The van der Waals surface area contributed by atoms with Crippen LogP contribution in [0.5, 0.6) is 0 Å². The molecule has 2 nitrogen and oxygen atoms in total. The third-order valence-corrected chi connectivity index (χ3v) is 2.29. The molecule has 0 saturated carbocycles. The number of hydrogen-bond donors (Lipinski definition) is 1. The second kappa shape index (κ2) is 3.69. The molecule has 0 fully saturated rings. The van der Waals surface area contributed by atoms with Gasteiger partial charge in [-0.2, -0.15) is 5.10 Å². The van der Waals surface area contributed by atoms with Crippen LogP contribution in [0.25, 0.3) is 23.9 Å². The van der Waals surface area contributed by atoms with Crippen molar-refractivity contribution in [2.24, 2.45) is 0 Å². The Kier molecular flexibility index (Phi) is 2.37. The molecule has 0 bridgehead atoms. The monoisotopic (exact) mass is 202 g/mol. The fourth-order valence-electron chi connectivity index (χ4n) is 1.53. The van der Waals surface area contributed by atoms with Crippen LogP contribution >= 0.6 is 0 Å². The number of nitrogens with zero attached hydrogens (tertiary/aromatic N) is 1. The highest BCUT2D eigenvalue weighted by atomic mass is 19.1. The lowest BCUT2D eigenvalue weighted by Gasteiger charge is -1.95. The highest BCUT2D eigenvalue weighted by molar-refractivity contribution is 5.60. The van der Waals surface area contributed by atoms with Crippen molar-refractivity contribution in [3.63, 3.8) is 0 Å². The van der Waals surface area contributed by atoms with Crippen LogP contribution in [-0.4, -0.2) is 10.2 Å². The van der Waals surface area contributed by atoms with E-state index in [2.05, 4.69) is 16.8 Å². The molecule has 0 spiro atoms. The van der Waals surface area contributed by atoms with Gasteiger partial charge in [-0.3, -0.25) is 5.10 Å². The van der Waals surface area contributed by atoms with Crippen molar-refractivity contribution in [3.05, 3.63) is 40.7 Å². The summed E-state index contributed by atoms with van der Waals surface area (Å²) >= 11 is 0. The van der Waals surface area contributed by atoms with Crippen LogP contribution in [0.3, 0.4) is 0 Å². The first-order chi connectivity index (χ1) is 7.22. The number of halogens is 1. The number of nitrogens with one attached hydrogen (secondary N) is 1. The summed E-state index contributed by atoms with van der Waals surface area (Å²) in [5.74, 6) is -0.244. The molecule has 2 rings (SSSR count). The standard InChI is InChI=1S/C12H11FN2/c1-3-11-8(2)14-15-12(11)9-4-6-10(13)7-5-9/h3-7,14H,2H2,1H3/b11-3+. The first-order valence-electron chi connectivity index (χ1n) is 4.68. The van der Waals surface area contributed by atoms with Gasteiger partial charge < -0.3 is 0 Å². The SMILES string of the molecule is C=c1[nH]nc(-c2ccc(F)cc2)/c1=C/C. The van der Waals surface area contributed by atoms with Crippen molar-refractivity contribution < 1.29 is 4.39 Å². The van der Waals surface area contributed by atoms with E-state index in [0.29, 0.717) is 0 Å². The van der Waals surface area contributed by atoms with Gasteiger partial charge in [0.15, 0.2) is 0 Å². The summed E-state index contributed by atoms with van der Waals surface area (Å²) in [6.45, 7) is 5.75. The Labute approximate surface area is 86.8 Å². The summed E-state index contributed by atoms with van der Waals surface area (Å²) in [5, 5.41) is 8.70. The molecular formula is C12H11FN2. The van der Waals surface area contributed by atoms with Crippen LogP contribution in [0.4, 0.5) is 4.39 Å². The summed E-state index contributed by atoms with van der Waals surface area (Å²) in [6, 6.07) is 6.26. The fourth-order valence-corrected chi connectivity index (χ4v) is 1.53. The second-order valence-corrected chi connectivity index (χ2v) is 3.26. The molecule has 1 heterocycles. The molecule has 0 unspecified atom stereocenters. The van der Waals surface area contributed by atoms with E-state index in [1.54, 1.807) is 12.1 Å². The molecule has 0 amide bonds. The molecule has 1 aromatic carbocycles. The third-order valence-electron chi connectivity index (χ3n) is 2.29. The fraction of sp³-hybridized carbons (Fsp3) is 0.0833. The van der Waals surface area contributed by atoms with E-state index in [9.17, 15) is 4.39 Å². The van der Waals surface area contributed by atoms with Gasteiger partial charge in [0.2, 0.25) is 0 Å². The minimum atomic E-state index is -0.244. The van der Waals surface area contributed by atoms with Gasteiger partial charge in [-0.25, -0.2) is 4.39 Å². The Morgan fingerprint density at radius 1 is 1.33 bits per heavy atom. The second-order valence-electron chi connectivity index (χ2n) is 3.26. The Bertz CT molecular complexity index is 567. The van der Waals surface area contributed by atoms with Crippen LogP contribution in [0.15, 0.2) is 24.3 Å². The van der Waals surface area contributed by atoms with Crippen molar-refractivity contribution in [1.29, 1.82) is 0 Å². The molecule has 0 radical (unpaired) electrons. The van der Waals surface area contributed by atoms with Crippen molar-refractivity contribution in [1.82, 2.24) is 10.2 Å². The predicted molar refractivity (Wildman–Crippen MR) is 58.9 cm³/mol. The van der Waals surface area contributed by atoms with Crippen molar-refractivity contribution in [2.45, 2.75) is 6.92 Å². The van der Waals surface area contributed by atoms with Gasteiger partial charge in [-0.05, 0) is 31.2 Å². The lowest BCUT2D eigenvalue weighted by atomic mass is 10.1. The minimum Gasteiger partial charge on any atom is -0.278 e. The smallest absolute Gasteiger partial charge is 0.123 e. The Morgan fingerprint density at radius 3 is 2.60 bits per heavy atom. The Hall–Kier alpha value is -1.90. The predicted octanol–water partition coefficient (Wildman–Crippen LogP) is 1.43. The lowest BCUT2D eigenvalue weighted by molar-refractivity contribution is 0.628. The molecule has 1 aromatic heterocycles. The average molecular weight is 202 g/mol. The van der Waals surface area contributed by atoms with Gasteiger partial charge in [-0.1, -0.05) is 12.7 Å². The molecular weight excluding hydrogens is 191 g/mol. The van der Waals surface area contributed by atoms with Crippen molar-refractivity contribution in [2.75, 3.05) is 0 Å². The van der Waals surface area contributed by atoms with Gasteiger partial charge in [0.25, 0.3) is 0 Å². The van der Waals surface area contributed by atoms with E-state index >= 15 is 0 Å². The van der Waals surface area contributed by atoms with Crippen molar-refractivity contribution >= 4 is 12.7 Å². The van der Waals surface area contributed by atoms with E-state index in [4.69, 9.17) is 0 Å². The van der Waals surface area contributed by atoms with Gasteiger partial charge in [0, 0.05) is 10.8 Å². The van der Waals surface area contributed by atoms with Crippen LogP contribution in [0, 0.1) is 5.82 Å². The normalized spacial score (nSPS) is 12.0.